The Labute approximate surface area is 195 Å². The summed E-state index contributed by atoms with van der Waals surface area (Å²) in [6.45, 7) is 6.52. The Morgan fingerprint density at radius 1 is 1.09 bits per heavy atom. The monoisotopic (exact) mass is 448 g/mol. The molecule has 4 rings (SSSR count). The van der Waals surface area contributed by atoms with Gasteiger partial charge in [0.05, 0.1) is 12.8 Å². The van der Waals surface area contributed by atoms with E-state index in [0.29, 0.717) is 19.4 Å². The maximum Gasteiger partial charge on any atom is 0.220 e. The van der Waals surface area contributed by atoms with E-state index in [0.717, 1.165) is 53.0 Å². The molecule has 0 atom stereocenters. The number of benzene rings is 1. The largest absolute Gasteiger partial charge is 0.496 e. The van der Waals surface area contributed by atoms with E-state index in [1.807, 2.05) is 48.9 Å². The number of rotatable bonds is 8. The van der Waals surface area contributed by atoms with Crippen LogP contribution in [0.25, 0.3) is 5.82 Å². The highest BCUT2D eigenvalue weighted by molar-refractivity contribution is 5.76. The Balaban J connectivity index is 1.41. The molecular weight excluding hydrogens is 416 g/mol. The summed E-state index contributed by atoms with van der Waals surface area (Å²) in [5, 5.41) is 7.71. The van der Waals surface area contributed by atoms with Crippen molar-refractivity contribution in [1.82, 2.24) is 25.1 Å². The molecule has 8 nitrogen and oxygen atoms in total. The molecule has 1 fully saturated rings. The molecule has 174 valence electrons. The molecule has 0 radical (unpaired) electrons. The molecule has 0 bridgehead atoms. The van der Waals surface area contributed by atoms with Crippen LogP contribution < -0.4 is 15.0 Å². The summed E-state index contributed by atoms with van der Waals surface area (Å²) in [6.07, 6.45) is 6.30. The molecule has 3 aromatic rings. The standard InChI is InChI=1S/C25H32N6O2/c1-18-21(11-12-25(32)26-16-20-9-5-6-10-22(20)33-3)19(2)31(29-18)24-15-23(27-17-28-24)30-13-7-4-8-14-30/h5-6,9-10,15,17H,4,7-8,11-14,16H2,1-3H3,(H,26,32). The number of hydrogen-bond donors (Lipinski definition) is 1. The number of ether oxygens (including phenoxy) is 1. The quantitative estimate of drug-likeness (QED) is 0.568. The predicted octanol–water partition coefficient (Wildman–Crippen LogP) is 3.53. The average molecular weight is 449 g/mol. The minimum atomic E-state index is 0.00174. The summed E-state index contributed by atoms with van der Waals surface area (Å²) in [5.74, 6) is 2.49. The summed E-state index contributed by atoms with van der Waals surface area (Å²) in [5.41, 5.74) is 3.97. The highest BCUT2D eigenvalue weighted by Crippen LogP contribution is 2.22. The van der Waals surface area contributed by atoms with Crippen LogP contribution in [0.4, 0.5) is 5.82 Å². The molecule has 1 N–H and O–H groups in total. The second-order valence-corrected chi connectivity index (χ2v) is 8.43. The summed E-state index contributed by atoms with van der Waals surface area (Å²) < 4.78 is 7.22. The number of piperidine rings is 1. The van der Waals surface area contributed by atoms with Gasteiger partial charge in [-0.3, -0.25) is 4.79 Å². The Bertz CT molecular complexity index is 1100. The van der Waals surface area contributed by atoms with E-state index in [-0.39, 0.29) is 5.91 Å². The number of nitrogens with zero attached hydrogens (tertiary/aromatic N) is 5. The first kappa shape index (κ1) is 22.8. The molecule has 3 heterocycles. The molecule has 0 saturated carbocycles. The van der Waals surface area contributed by atoms with Gasteiger partial charge >= 0.3 is 0 Å². The zero-order valence-corrected chi connectivity index (χ0v) is 19.7. The molecule has 0 unspecified atom stereocenters. The van der Waals surface area contributed by atoms with Crippen LogP contribution in [-0.2, 0) is 17.8 Å². The van der Waals surface area contributed by atoms with Gasteiger partial charge in [0, 0.05) is 43.4 Å². The highest BCUT2D eigenvalue weighted by Gasteiger charge is 2.17. The van der Waals surface area contributed by atoms with Crippen LogP contribution in [0.3, 0.4) is 0 Å². The number of carbonyl (C=O) groups is 1. The van der Waals surface area contributed by atoms with E-state index < -0.39 is 0 Å². The minimum Gasteiger partial charge on any atom is -0.496 e. The molecule has 2 aromatic heterocycles. The van der Waals surface area contributed by atoms with E-state index in [1.54, 1.807) is 13.4 Å². The summed E-state index contributed by atoms with van der Waals surface area (Å²) in [6, 6.07) is 9.72. The van der Waals surface area contributed by atoms with Crippen LogP contribution in [-0.4, -0.2) is 45.9 Å². The number of amides is 1. The zero-order chi connectivity index (χ0) is 23.2. The first-order valence-electron chi connectivity index (χ1n) is 11.6. The number of carbonyl (C=O) groups excluding carboxylic acids is 1. The molecule has 1 amide bonds. The van der Waals surface area contributed by atoms with Crippen LogP contribution >= 0.6 is 0 Å². The first-order chi connectivity index (χ1) is 16.1. The van der Waals surface area contributed by atoms with Crippen LogP contribution in [0.5, 0.6) is 5.75 Å². The fourth-order valence-corrected chi connectivity index (χ4v) is 4.38. The number of anilines is 1. The topological polar surface area (TPSA) is 85.2 Å². The van der Waals surface area contributed by atoms with Crippen molar-refractivity contribution >= 4 is 11.7 Å². The van der Waals surface area contributed by atoms with E-state index in [9.17, 15) is 4.79 Å². The van der Waals surface area contributed by atoms with Crippen molar-refractivity contribution in [2.45, 2.75) is 52.5 Å². The first-order valence-corrected chi connectivity index (χ1v) is 11.6. The second kappa shape index (κ2) is 10.5. The van der Waals surface area contributed by atoms with Gasteiger partial charge in [-0.05, 0) is 51.2 Å². The SMILES string of the molecule is COc1ccccc1CNC(=O)CCc1c(C)nn(-c2cc(N3CCCCC3)ncn2)c1C. The van der Waals surface area contributed by atoms with E-state index in [1.165, 1.54) is 19.3 Å². The van der Waals surface area contributed by atoms with Crippen molar-refractivity contribution in [3.8, 4) is 11.6 Å². The number of hydrogen-bond acceptors (Lipinski definition) is 6. The van der Waals surface area contributed by atoms with Gasteiger partial charge in [-0.15, -0.1) is 0 Å². The third-order valence-electron chi connectivity index (χ3n) is 6.25. The van der Waals surface area contributed by atoms with Gasteiger partial charge in [0.25, 0.3) is 0 Å². The minimum absolute atomic E-state index is 0.00174. The molecule has 1 saturated heterocycles. The number of aryl methyl sites for hydroxylation is 1. The summed E-state index contributed by atoms with van der Waals surface area (Å²) in [4.78, 5) is 23.8. The van der Waals surface area contributed by atoms with E-state index in [4.69, 9.17) is 9.84 Å². The molecule has 1 aliphatic heterocycles. The third-order valence-corrected chi connectivity index (χ3v) is 6.25. The average Bonchev–Trinajstić information content (AvgIpc) is 3.15. The lowest BCUT2D eigenvalue weighted by Gasteiger charge is -2.27. The van der Waals surface area contributed by atoms with Crippen LogP contribution in [0, 0.1) is 13.8 Å². The smallest absolute Gasteiger partial charge is 0.220 e. The predicted molar refractivity (Wildman–Crippen MR) is 128 cm³/mol. The van der Waals surface area contributed by atoms with Crippen LogP contribution in [0.1, 0.15) is 48.2 Å². The van der Waals surface area contributed by atoms with Gasteiger partial charge < -0.3 is 15.0 Å². The van der Waals surface area contributed by atoms with Gasteiger partial charge in [0.1, 0.15) is 17.9 Å². The number of nitrogens with one attached hydrogen (secondary N) is 1. The summed E-state index contributed by atoms with van der Waals surface area (Å²) in [7, 11) is 1.64. The number of para-hydroxylation sites is 1. The molecule has 1 aromatic carbocycles. The van der Waals surface area contributed by atoms with Crippen LogP contribution in [0.15, 0.2) is 36.7 Å². The van der Waals surface area contributed by atoms with Gasteiger partial charge in [-0.2, -0.15) is 5.10 Å². The van der Waals surface area contributed by atoms with Crippen molar-refractivity contribution in [3.63, 3.8) is 0 Å². The fourth-order valence-electron chi connectivity index (χ4n) is 4.38. The maximum atomic E-state index is 12.5. The lowest BCUT2D eigenvalue weighted by atomic mass is 10.1. The molecular formula is C25H32N6O2. The third kappa shape index (κ3) is 5.32. The van der Waals surface area contributed by atoms with Crippen LogP contribution in [0.2, 0.25) is 0 Å². The highest BCUT2D eigenvalue weighted by atomic mass is 16.5. The lowest BCUT2D eigenvalue weighted by molar-refractivity contribution is -0.121. The van der Waals surface area contributed by atoms with Gasteiger partial charge in [0.2, 0.25) is 5.91 Å². The van der Waals surface area contributed by atoms with E-state index >= 15 is 0 Å². The molecule has 8 heteroatoms. The molecule has 0 aliphatic carbocycles. The van der Waals surface area contributed by atoms with Crippen molar-refractivity contribution in [2.24, 2.45) is 0 Å². The maximum absolute atomic E-state index is 12.5. The second-order valence-electron chi connectivity index (χ2n) is 8.43. The van der Waals surface area contributed by atoms with Crippen molar-refractivity contribution < 1.29 is 9.53 Å². The summed E-state index contributed by atoms with van der Waals surface area (Å²) >= 11 is 0. The normalized spacial score (nSPS) is 13.7. The number of aromatic nitrogens is 4. The Morgan fingerprint density at radius 3 is 2.64 bits per heavy atom. The lowest BCUT2D eigenvalue weighted by Crippen LogP contribution is -2.30. The molecule has 1 aliphatic rings. The molecule has 33 heavy (non-hydrogen) atoms. The van der Waals surface area contributed by atoms with Gasteiger partial charge in [-0.25, -0.2) is 14.6 Å². The Morgan fingerprint density at radius 2 is 1.85 bits per heavy atom. The van der Waals surface area contributed by atoms with E-state index in [2.05, 4.69) is 20.2 Å². The zero-order valence-electron chi connectivity index (χ0n) is 19.7. The van der Waals surface area contributed by atoms with Crippen molar-refractivity contribution in [2.75, 3.05) is 25.1 Å². The van der Waals surface area contributed by atoms with Crippen molar-refractivity contribution in [1.29, 1.82) is 0 Å². The number of methoxy groups -OCH3 is 1. The Kier molecular flexibility index (Phi) is 7.22. The Hall–Kier alpha value is -3.42. The molecule has 0 spiro atoms. The fraction of sp³-hybridized carbons (Fsp3) is 0.440. The van der Waals surface area contributed by atoms with Gasteiger partial charge in [-0.1, -0.05) is 18.2 Å². The van der Waals surface area contributed by atoms with Crippen molar-refractivity contribution in [3.05, 3.63) is 59.2 Å². The van der Waals surface area contributed by atoms with Gasteiger partial charge in [0.15, 0.2) is 5.82 Å².